The molecule has 3 saturated carbocycles. The van der Waals surface area contributed by atoms with Crippen LogP contribution in [0.5, 0.6) is 5.88 Å². The summed E-state index contributed by atoms with van der Waals surface area (Å²) in [5.74, 6) is 0.298. The molecule has 7 heteroatoms. The van der Waals surface area contributed by atoms with Crippen molar-refractivity contribution in [1.29, 1.82) is 0 Å². The maximum absolute atomic E-state index is 12.4. The van der Waals surface area contributed by atoms with Crippen molar-refractivity contribution in [3.05, 3.63) is 17.6 Å². The van der Waals surface area contributed by atoms with Gasteiger partial charge in [0.2, 0.25) is 5.88 Å². The molecule has 0 aliphatic heterocycles. The molecule has 134 valence electrons. The fourth-order valence-electron chi connectivity index (χ4n) is 2.86. The number of hydrogen-bond acceptors (Lipinski definition) is 5. The van der Waals surface area contributed by atoms with Crippen LogP contribution in [-0.2, 0) is 4.79 Å². The van der Waals surface area contributed by atoms with Crippen LogP contribution in [0.1, 0.15) is 67.0 Å². The number of carbonyl (C=O) groups is 2. The molecule has 3 aliphatic carbocycles. The summed E-state index contributed by atoms with van der Waals surface area (Å²) >= 11 is 0. The zero-order valence-corrected chi connectivity index (χ0v) is 14.1. The van der Waals surface area contributed by atoms with Crippen LogP contribution in [0.4, 0.5) is 0 Å². The molecular formula is C18H23N3O4. The molecule has 0 aromatic carbocycles. The fraction of sp³-hybridized carbons (Fsp3) is 0.667. The molecule has 1 heterocycles. The van der Waals surface area contributed by atoms with Crippen LogP contribution in [0.25, 0.3) is 0 Å². The van der Waals surface area contributed by atoms with E-state index in [4.69, 9.17) is 4.74 Å². The number of amides is 1. The number of rotatable bonds is 9. The van der Waals surface area contributed by atoms with Crippen molar-refractivity contribution < 1.29 is 19.4 Å². The Labute approximate surface area is 146 Å². The van der Waals surface area contributed by atoms with Crippen LogP contribution in [0.2, 0.25) is 0 Å². The average Bonchev–Trinajstić information content (AvgIpc) is 3.46. The molecule has 7 nitrogen and oxygen atoms in total. The molecule has 3 fully saturated rings. The summed E-state index contributed by atoms with van der Waals surface area (Å²) in [5, 5.41) is 11.9. The first kappa shape index (κ1) is 16.3. The third-order valence-corrected chi connectivity index (χ3v) is 4.99. The van der Waals surface area contributed by atoms with Gasteiger partial charge in [-0.05, 0) is 43.9 Å². The molecule has 0 unspecified atom stereocenters. The second-order valence-electron chi connectivity index (χ2n) is 7.52. The van der Waals surface area contributed by atoms with Crippen LogP contribution < -0.4 is 10.1 Å². The van der Waals surface area contributed by atoms with E-state index in [2.05, 4.69) is 15.3 Å². The molecule has 1 amide bonds. The second-order valence-corrected chi connectivity index (χ2v) is 7.52. The summed E-state index contributed by atoms with van der Waals surface area (Å²) in [5.41, 5.74) is 0.946. The van der Waals surface area contributed by atoms with Crippen LogP contribution in [0, 0.1) is 11.8 Å². The van der Waals surface area contributed by atoms with Crippen molar-refractivity contribution in [3.8, 4) is 5.88 Å². The number of nitrogens with zero attached hydrogens (tertiary/aromatic N) is 2. The van der Waals surface area contributed by atoms with Crippen molar-refractivity contribution in [2.24, 2.45) is 11.8 Å². The molecule has 25 heavy (non-hydrogen) atoms. The minimum Gasteiger partial charge on any atom is -0.480 e. The van der Waals surface area contributed by atoms with Gasteiger partial charge in [-0.25, -0.2) is 9.78 Å². The highest BCUT2D eigenvalue weighted by Crippen LogP contribution is 2.43. The van der Waals surface area contributed by atoms with E-state index >= 15 is 0 Å². The van der Waals surface area contributed by atoms with E-state index in [0.29, 0.717) is 36.7 Å². The van der Waals surface area contributed by atoms with Crippen LogP contribution in [-0.4, -0.2) is 39.6 Å². The predicted molar refractivity (Wildman–Crippen MR) is 88.5 cm³/mol. The molecule has 1 aromatic heterocycles. The highest BCUT2D eigenvalue weighted by Gasteiger charge is 2.33. The van der Waals surface area contributed by atoms with E-state index < -0.39 is 17.9 Å². The van der Waals surface area contributed by atoms with Gasteiger partial charge in [-0.2, -0.15) is 0 Å². The first-order valence-corrected chi connectivity index (χ1v) is 9.13. The van der Waals surface area contributed by atoms with Gasteiger partial charge in [0.25, 0.3) is 5.91 Å². The van der Waals surface area contributed by atoms with Gasteiger partial charge in [0, 0.05) is 5.92 Å². The van der Waals surface area contributed by atoms with Crippen LogP contribution >= 0.6 is 0 Å². The Morgan fingerprint density at radius 2 is 1.92 bits per heavy atom. The summed E-state index contributed by atoms with van der Waals surface area (Å²) in [6, 6.07) is -0.874. The average molecular weight is 345 g/mol. The lowest BCUT2D eigenvalue weighted by Gasteiger charge is -2.15. The maximum atomic E-state index is 12.4. The number of nitrogens with one attached hydrogen (secondary N) is 1. The molecule has 0 radical (unpaired) electrons. The number of carboxylic acid groups (broad SMARTS) is 1. The summed E-state index contributed by atoms with van der Waals surface area (Å²) in [6.45, 7) is 0.610. The topological polar surface area (TPSA) is 101 Å². The zero-order valence-electron chi connectivity index (χ0n) is 14.1. The Bertz CT molecular complexity index is 681. The minimum atomic E-state index is -1.01. The third kappa shape index (κ3) is 4.27. The smallest absolute Gasteiger partial charge is 0.326 e. The van der Waals surface area contributed by atoms with Crippen molar-refractivity contribution in [1.82, 2.24) is 15.3 Å². The van der Waals surface area contributed by atoms with E-state index in [1.807, 2.05) is 0 Å². The first-order chi connectivity index (χ1) is 12.1. The van der Waals surface area contributed by atoms with Crippen molar-refractivity contribution >= 4 is 11.9 Å². The largest absolute Gasteiger partial charge is 0.480 e. The van der Waals surface area contributed by atoms with Gasteiger partial charge in [0.1, 0.15) is 11.7 Å². The standard InChI is InChI=1S/C18H23N3O4/c22-16(20-13(18(23)24)7-10-1-2-10)14-8-19-15(12-5-6-12)17(21-14)25-9-11-3-4-11/h8,10-13H,1-7,9H2,(H,20,22)(H,23,24)/t13-/m0/s1. The summed E-state index contributed by atoms with van der Waals surface area (Å²) < 4.78 is 5.81. The van der Waals surface area contributed by atoms with E-state index in [1.54, 1.807) is 0 Å². The molecule has 3 aliphatic rings. The van der Waals surface area contributed by atoms with Crippen molar-refractivity contribution in [2.45, 2.75) is 56.9 Å². The summed E-state index contributed by atoms with van der Waals surface area (Å²) in [6.07, 6.45) is 8.47. The number of carboxylic acids is 1. The summed E-state index contributed by atoms with van der Waals surface area (Å²) in [7, 11) is 0. The van der Waals surface area contributed by atoms with E-state index in [0.717, 1.165) is 31.4 Å². The van der Waals surface area contributed by atoms with E-state index in [-0.39, 0.29) is 5.69 Å². The normalized spacial score (nSPS) is 20.8. The molecule has 1 atom stereocenters. The lowest BCUT2D eigenvalue weighted by molar-refractivity contribution is -0.139. The molecule has 0 spiro atoms. The van der Waals surface area contributed by atoms with Gasteiger partial charge in [0.15, 0.2) is 5.69 Å². The van der Waals surface area contributed by atoms with Gasteiger partial charge < -0.3 is 15.2 Å². The number of hydrogen-bond donors (Lipinski definition) is 2. The Balaban J connectivity index is 1.46. The van der Waals surface area contributed by atoms with Gasteiger partial charge in [0.05, 0.1) is 12.8 Å². The molecule has 2 N–H and O–H groups in total. The quantitative estimate of drug-likeness (QED) is 0.711. The number of aliphatic carboxylic acids is 1. The maximum Gasteiger partial charge on any atom is 0.326 e. The predicted octanol–water partition coefficient (Wildman–Crippen LogP) is 2.13. The van der Waals surface area contributed by atoms with Crippen molar-refractivity contribution in [3.63, 3.8) is 0 Å². The lowest BCUT2D eigenvalue weighted by atomic mass is 10.1. The SMILES string of the molecule is O=C(N[C@@H](CC1CC1)C(=O)O)c1cnc(C2CC2)c(OCC2CC2)n1. The van der Waals surface area contributed by atoms with Crippen LogP contribution in [0.3, 0.4) is 0 Å². The van der Waals surface area contributed by atoms with Gasteiger partial charge in [-0.3, -0.25) is 9.78 Å². The lowest BCUT2D eigenvalue weighted by Crippen LogP contribution is -2.41. The zero-order chi connectivity index (χ0) is 17.4. The Morgan fingerprint density at radius 3 is 2.52 bits per heavy atom. The number of ether oxygens (including phenoxy) is 1. The minimum absolute atomic E-state index is 0.122. The number of aromatic nitrogens is 2. The van der Waals surface area contributed by atoms with Gasteiger partial charge in [-0.15, -0.1) is 0 Å². The van der Waals surface area contributed by atoms with Crippen molar-refractivity contribution in [2.75, 3.05) is 6.61 Å². The number of carbonyl (C=O) groups excluding carboxylic acids is 1. The molecule has 1 aromatic rings. The van der Waals surface area contributed by atoms with E-state index in [1.165, 1.54) is 19.0 Å². The second kappa shape index (κ2) is 6.61. The first-order valence-electron chi connectivity index (χ1n) is 9.13. The molecule has 4 rings (SSSR count). The molecular weight excluding hydrogens is 322 g/mol. The summed E-state index contributed by atoms with van der Waals surface area (Å²) in [4.78, 5) is 32.5. The molecule has 0 saturated heterocycles. The third-order valence-electron chi connectivity index (χ3n) is 4.99. The van der Waals surface area contributed by atoms with E-state index in [9.17, 15) is 14.7 Å². The highest BCUT2D eigenvalue weighted by molar-refractivity contribution is 5.94. The Morgan fingerprint density at radius 1 is 1.20 bits per heavy atom. The highest BCUT2D eigenvalue weighted by atomic mass is 16.5. The van der Waals surface area contributed by atoms with Crippen LogP contribution in [0.15, 0.2) is 6.20 Å². The van der Waals surface area contributed by atoms with Gasteiger partial charge >= 0.3 is 5.97 Å². The molecule has 0 bridgehead atoms. The van der Waals surface area contributed by atoms with Gasteiger partial charge in [-0.1, -0.05) is 12.8 Å². The monoisotopic (exact) mass is 345 g/mol. The fourth-order valence-corrected chi connectivity index (χ4v) is 2.86. The Hall–Kier alpha value is -2.18. The Kier molecular flexibility index (Phi) is 4.31.